The third kappa shape index (κ3) is 1.83. The van der Waals surface area contributed by atoms with E-state index in [0.717, 1.165) is 11.3 Å². The van der Waals surface area contributed by atoms with Crippen molar-refractivity contribution in [2.45, 2.75) is 13.0 Å². The van der Waals surface area contributed by atoms with Crippen LogP contribution < -0.4 is 0 Å². The minimum Gasteiger partial charge on any atom is -0.446 e. The maximum absolute atomic E-state index is 8.95. The van der Waals surface area contributed by atoms with Gasteiger partial charge < -0.3 is 9.52 Å². The zero-order valence-corrected chi connectivity index (χ0v) is 7.68. The van der Waals surface area contributed by atoms with Gasteiger partial charge in [0.2, 0.25) is 0 Å². The van der Waals surface area contributed by atoms with Crippen LogP contribution in [0.25, 0.3) is 0 Å². The maximum Gasteiger partial charge on any atom is 0.181 e. The predicted molar refractivity (Wildman–Crippen MR) is 51.7 cm³/mol. The minimum atomic E-state index is -0.0951. The zero-order valence-electron chi connectivity index (χ0n) is 7.68. The van der Waals surface area contributed by atoms with E-state index in [1.165, 1.54) is 6.39 Å². The SMILES string of the molecule is OCc1ocnc1Cc1ccccc1. The molecule has 0 aliphatic rings. The number of nitrogens with zero attached hydrogens (tertiary/aromatic N) is 1. The molecule has 2 rings (SSSR count). The van der Waals surface area contributed by atoms with Gasteiger partial charge in [0.1, 0.15) is 6.61 Å². The van der Waals surface area contributed by atoms with Crippen LogP contribution in [0, 0.1) is 0 Å². The summed E-state index contributed by atoms with van der Waals surface area (Å²) in [6.45, 7) is -0.0951. The molecule has 0 aliphatic heterocycles. The van der Waals surface area contributed by atoms with Gasteiger partial charge >= 0.3 is 0 Å². The second kappa shape index (κ2) is 4.07. The monoisotopic (exact) mass is 189 g/mol. The first kappa shape index (κ1) is 8.97. The van der Waals surface area contributed by atoms with E-state index in [4.69, 9.17) is 9.52 Å². The van der Waals surface area contributed by atoms with Crippen LogP contribution in [-0.4, -0.2) is 10.1 Å². The van der Waals surface area contributed by atoms with Crippen LogP contribution >= 0.6 is 0 Å². The molecule has 2 aromatic rings. The second-order valence-corrected chi connectivity index (χ2v) is 3.04. The van der Waals surface area contributed by atoms with E-state index < -0.39 is 0 Å². The topological polar surface area (TPSA) is 46.3 Å². The van der Waals surface area contributed by atoms with Crippen molar-refractivity contribution in [1.82, 2.24) is 4.98 Å². The summed E-state index contributed by atoms with van der Waals surface area (Å²) in [5, 5.41) is 8.95. The molecule has 0 atom stereocenters. The van der Waals surface area contributed by atoms with Crippen LogP contribution in [-0.2, 0) is 13.0 Å². The van der Waals surface area contributed by atoms with E-state index in [-0.39, 0.29) is 6.61 Å². The van der Waals surface area contributed by atoms with Crippen molar-refractivity contribution >= 4 is 0 Å². The van der Waals surface area contributed by atoms with Gasteiger partial charge in [-0.3, -0.25) is 0 Å². The molecule has 0 saturated carbocycles. The molecular formula is C11H11NO2. The number of rotatable bonds is 3. The van der Waals surface area contributed by atoms with Crippen LogP contribution in [0.4, 0.5) is 0 Å². The van der Waals surface area contributed by atoms with Gasteiger partial charge in [-0.1, -0.05) is 30.3 Å². The quantitative estimate of drug-likeness (QED) is 0.800. The summed E-state index contributed by atoms with van der Waals surface area (Å²) >= 11 is 0. The smallest absolute Gasteiger partial charge is 0.181 e. The summed E-state index contributed by atoms with van der Waals surface area (Å²) < 4.78 is 5.02. The van der Waals surface area contributed by atoms with E-state index in [2.05, 4.69) is 4.98 Å². The van der Waals surface area contributed by atoms with Gasteiger partial charge in [0.05, 0.1) is 5.69 Å². The molecule has 1 aromatic heterocycles. The molecular weight excluding hydrogens is 178 g/mol. The van der Waals surface area contributed by atoms with Crippen LogP contribution in [0.3, 0.4) is 0 Å². The molecule has 0 spiro atoms. The maximum atomic E-state index is 8.95. The largest absolute Gasteiger partial charge is 0.446 e. The predicted octanol–water partition coefficient (Wildman–Crippen LogP) is 1.76. The van der Waals surface area contributed by atoms with Gasteiger partial charge in [-0.15, -0.1) is 0 Å². The number of aliphatic hydroxyl groups is 1. The fourth-order valence-corrected chi connectivity index (χ4v) is 1.36. The highest BCUT2D eigenvalue weighted by Crippen LogP contribution is 2.12. The van der Waals surface area contributed by atoms with Crippen molar-refractivity contribution < 1.29 is 9.52 Å². The molecule has 0 unspecified atom stereocenters. The molecule has 1 aromatic carbocycles. The fourth-order valence-electron chi connectivity index (χ4n) is 1.36. The molecule has 0 fully saturated rings. The first-order chi connectivity index (χ1) is 6.90. The van der Waals surface area contributed by atoms with E-state index in [1.54, 1.807) is 0 Å². The summed E-state index contributed by atoms with van der Waals surface area (Å²) in [4.78, 5) is 4.06. The Morgan fingerprint density at radius 3 is 2.71 bits per heavy atom. The number of aromatic nitrogens is 1. The number of benzene rings is 1. The molecule has 0 radical (unpaired) electrons. The molecule has 0 aliphatic carbocycles. The Morgan fingerprint density at radius 1 is 1.21 bits per heavy atom. The summed E-state index contributed by atoms with van der Waals surface area (Å²) in [5.74, 6) is 0.550. The minimum absolute atomic E-state index is 0.0951. The molecule has 3 nitrogen and oxygen atoms in total. The van der Waals surface area contributed by atoms with Gasteiger partial charge in [-0.25, -0.2) is 4.98 Å². The van der Waals surface area contributed by atoms with E-state index in [0.29, 0.717) is 12.2 Å². The lowest BCUT2D eigenvalue weighted by Crippen LogP contribution is -1.93. The normalized spacial score (nSPS) is 10.4. The zero-order chi connectivity index (χ0) is 9.80. The van der Waals surface area contributed by atoms with Crippen molar-refractivity contribution in [3.8, 4) is 0 Å². The number of hydrogen-bond acceptors (Lipinski definition) is 3. The second-order valence-electron chi connectivity index (χ2n) is 3.04. The molecule has 72 valence electrons. The Balaban J connectivity index is 2.19. The lowest BCUT2D eigenvalue weighted by atomic mass is 10.1. The molecule has 14 heavy (non-hydrogen) atoms. The Bertz CT molecular complexity index is 395. The van der Waals surface area contributed by atoms with Crippen molar-refractivity contribution in [1.29, 1.82) is 0 Å². The first-order valence-corrected chi connectivity index (χ1v) is 4.46. The average molecular weight is 189 g/mol. The van der Waals surface area contributed by atoms with E-state index in [9.17, 15) is 0 Å². The number of oxazole rings is 1. The molecule has 3 heteroatoms. The van der Waals surface area contributed by atoms with Crippen LogP contribution in [0.2, 0.25) is 0 Å². The van der Waals surface area contributed by atoms with Crippen molar-refractivity contribution in [2.75, 3.05) is 0 Å². The Kier molecular flexibility index (Phi) is 2.60. The van der Waals surface area contributed by atoms with Gasteiger partial charge in [0, 0.05) is 6.42 Å². The average Bonchev–Trinajstić information content (AvgIpc) is 2.67. The van der Waals surface area contributed by atoms with Gasteiger partial charge in [0.25, 0.3) is 0 Å². The molecule has 1 heterocycles. The van der Waals surface area contributed by atoms with Crippen molar-refractivity contribution in [3.63, 3.8) is 0 Å². The van der Waals surface area contributed by atoms with Crippen LogP contribution in [0.5, 0.6) is 0 Å². The third-order valence-corrected chi connectivity index (χ3v) is 2.08. The lowest BCUT2D eigenvalue weighted by molar-refractivity contribution is 0.245. The summed E-state index contributed by atoms with van der Waals surface area (Å²) in [6.07, 6.45) is 2.07. The third-order valence-electron chi connectivity index (χ3n) is 2.08. The highest BCUT2D eigenvalue weighted by Gasteiger charge is 2.06. The van der Waals surface area contributed by atoms with E-state index in [1.807, 2.05) is 30.3 Å². The van der Waals surface area contributed by atoms with Gasteiger partial charge in [-0.2, -0.15) is 0 Å². The summed E-state index contributed by atoms with van der Waals surface area (Å²) in [7, 11) is 0. The molecule has 0 saturated heterocycles. The summed E-state index contributed by atoms with van der Waals surface area (Å²) in [5.41, 5.74) is 1.97. The Morgan fingerprint density at radius 2 is 2.00 bits per heavy atom. The highest BCUT2D eigenvalue weighted by atomic mass is 16.4. The number of hydrogen-bond donors (Lipinski definition) is 1. The van der Waals surface area contributed by atoms with Crippen molar-refractivity contribution in [2.24, 2.45) is 0 Å². The van der Waals surface area contributed by atoms with E-state index >= 15 is 0 Å². The Labute approximate surface area is 82.0 Å². The fraction of sp³-hybridized carbons (Fsp3) is 0.182. The molecule has 1 N–H and O–H groups in total. The molecule has 0 amide bonds. The Hall–Kier alpha value is -1.61. The molecule has 0 bridgehead atoms. The standard InChI is InChI=1S/C11H11NO2/c13-7-11-10(12-8-14-11)6-9-4-2-1-3-5-9/h1-5,8,13H,6-7H2. The first-order valence-electron chi connectivity index (χ1n) is 4.46. The van der Waals surface area contributed by atoms with Gasteiger partial charge in [0.15, 0.2) is 12.2 Å². The van der Waals surface area contributed by atoms with Crippen molar-refractivity contribution in [3.05, 3.63) is 53.7 Å². The van der Waals surface area contributed by atoms with Crippen LogP contribution in [0.15, 0.2) is 41.1 Å². The summed E-state index contributed by atoms with van der Waals surface area (Å²) in [6, 6.07) is 9.98. The highest BCUT2D eigenvalue weighted by molar-refractivity contribution is 5.22. The van der Waals surface area contributed by atoms with Crippen LogP contribution in [0.1, 0.15) is 17.0 Å². The lowest BCUT2D eigenvalue weighted by Gasteiger charge is -1.98. The number of aliphatic hydroxyl groups excluding tert-OH is 1. The van der Waals surface area contributed by atoms with Gasteiger partial charge in [-0.05, 0) is 5.56 Å².